The van der Waals surface area contributed by atoms with Crippen molar-refractivity contribution >= 4 is 21.2 Å². The van der Waals surface area contributed by atoms with Crippen molar-refractivity contribution in [2.75, 3.05) is 24.6 Å². The lowest BCUT2D eigenvalue weighted by Gasteiger charge is -2.34. The molecule has 0 saturated carbocycles. The molecule has 0 radical (unpaired) electrons. The maximum Gasteiger partial charge on any atom is 0.501 e. The van der Waals surface area contributed by atoms with Crippen molar-refractivity contribution in [2.24, 2.45) is 0 Å². The maximum atomic E-state index is 12.7. The topological polar surface area (TPSA) is 108 Å². The smallest absolute Gasteiger partial charge is 0.373 e. The third-order valence-electron chi connectivity index (χ3n) is 4.19. The van der Waals surface area contributed by atoms with E-state index in [0.717, 1.165) is 12.1 Å². The van der Waals surface area contributed by atoms with Crippen LogP contribution in [0.15, 0.2) is 41.6 Å². The van der Waals surface area contributed by atoms with Crippen LogP contribution in [0.3, 0.4) is 0 Å². The molecule has 1 atom stereocenters. The Balaban J connectivity index is 1.90. The van der Waals surface area contributed by atoms with Crippen molar-refractivity contribution in [3.8, 4) is 0 Å². The normalized spacial score (nSPS) is 18.2. The van der Waals surface area contributed by atoms with Gasteiger partial charge < -0.3 is 9.64 Å². The van der Waals surface area contributed by atoms with Gasteiger partial charge in [0.15, 0.2) is 0 Å². The monoisotopic (exact) mass is 420 g/mol. The number of hydrogen-bond acceptors (Lipinski definition) is 7. The van der Waals surface area contributed by atoms with E-state index in [4.69, 9.17) is 4.74 Å². The Morgan fingerprint density at radius 3 is 2.71 bits per heavy atom. The predicted molar refractivity (Wildman–Crippen MR) is 90.5 cm³/mol. The van der Waals surface area contributed by atoms with Gasteiger partial charge in [-0.15, -0.1) is 0 Å². The number of nitro benzene ring substituents is 1. The van der Waals surface area contributed by atoms with Crippen molar-refractivity contribution in [3.05, 3.63) is 46.8 Å². The summed E-state index contributed by atoms with van der Waals surface area (Å²) < 4.78 is 68.6. The number of benzene rings is 1. The average Bonchev–Trinajstić information content (AvgIpc) is 3.13. The Hall–Kier alpha value is -2.67. The van der Waals surface area contributed by atoms with Gasteiger partial charge in [-0.1, -0.05) is 0 Å². The SMILES string of the molecule is O=[N+]([O-])c1cc(S(=O)(=O)C(F)(F)F)ccc1N1CCOC(Cn2cccn2)C1. The summed E-state index contributed by atoms with van der Waals surface area (Å²) in [6, 6.07) is 3.91. The van der Waals surface area contributed by atoms with Gasteiger partial charge in [0.25, 0.3) is 15.5 Å². The number of ether oxygens (including phenoxy) is 1. The molecule has 0 bridgehead atoms. The third kappa shape index (κ3) is 3.94. The largest absolute Gasteiger partial charge is 0.501 e. The first-order valence-corrected chi connectivity index (χ1v) is 9.51. The number of nitrogens with zero attached hydrogens (tertiary/aromatic N) is 4. The lowest BCUT2D eigenvalue weighted by atomic mass is 10.2. The molecule has 3 rings (SSSR count). The van der Waals surface area contributed by atoms with E-state index < -0.39 is 30.9 Å². The van der Waals surface area contributed by atoms with E-state index in [1.54, 1.807) is 28.0 Å². The third-order valence-corrected chi connectivity index (χ3v) is 5.67. The lowest BCUT2D eigenvalue weighted by Crippen LogP contribution is -2.44. The predicted octanol–water partition coefficient (Wildman–Crippen LogP) is 1.99. The van der Waals surface area contributed by atoms with Gasteiger partial charge in [0.2, 0.25) is 0 Å². The highest BCUT2D eigenvalue weighted by Crippen LogP contribution is 2.36. The number of aromatic nitrogens is 2. The van der Waals surface area contributed by atoms with Crippen molar-refractivity contribution in [1.29, 1.82) is 0 Å². The van der Waals surface area contributed by atoms with Gasteiger partial charge in [-0.25, -0.2) is 8.42 Å². The standard InChI is InChI=1S/C15H15F3N4O5S/c16-15(17,18)28(25,26)12-2-3-13(14(8-12)22(23)24)20-6-7-27-11(9-20)10-21-5-1-4-19-21/h1-5,8,11H,6-7,9-10H2. The summed E-state index contributed by atoms with van der Waals surface area (Å²) in [5.41, 5.74) is -6.24. The van der Waals surface area contributed by atoms with Crippen LogP contribution in [0.4, 0.5) is 24.5 Å². The van der Waals surface area contributed by atoms with Gasteiger partial charge >= 0.3 is 5.51 Å². The first-order chi connectivity index (χ1) is 13.1. The second kappa shape index (κ2) is 7.39. The number of nitro groups is 1. The summed E-state index contributed by atoms with van der Waals surface area (Å²) in [4.78, 5) is 10.9. The van der Waals surface area contributed by atoms with E-state index in [2.05, 4.69) is 5.10 Å². The van der Waals surface area contributed by atoms with Crippen molar-refractivity contribution < 1.29 is 31.2 Å². The van der Waals surface area contributed by atoms with Crippen LogP contribution >= 0.6 is 0 Å². The van der Waals surface area contributed by atoms with Gasteiger partial charge in [-0.3, -0.25) is 14.8 Å². The fraction of sp³-hybridized carbons (Fsp3) is 0.400. The van der Waals surface area contributed by atoms with Crippen LogP contribution in [0.2, 0.25) is 0 Å². The first kappa shape index (κ1) is 20.1. The minimum Gasteiger partial charge on any atom is -0.373 e. The summed E-state index contributed by atoms with van der Waals surface area (Å²) in [7, 11) is -5.68. The molecule has 2 heterocycles. The number of morpholine rings is 1. The van der Waals surface area contributed by atoms with E-state index in [-0.39, 0.29) is 31.5 Å². The Kier molecular flexibility index (Phi) is 5.30. The first-order valence-electron chi connectivity index (χ1n) is 8.03. The molecule has 1 aromatic heterocycles. The molecule has 13 heteroatoms. The molecule has 1 unspecified atom stereocenters. The molecule has 1 saturated heterocycles. The fourth-order valence-electron chi connectivity index (χ4n) is 2.88. The zero-order valence-corrected chi connectivity index (χ0v) is 15.1. The molecule has 2 aromatic rings. The Labute approximate surface area is 157 Å². The van der Waals surface area contributed by atoms with Gasteiger partial charge in [-0.2, -0.15) is 18.3 Å². The zero-order chi connectivity index (χ0) is 20.5. The molecule has 28 heavy (non-hydrogen) atoms. The van der Waals surface area contributed by atoms with Crippen LogP contribution in [-0.2, 0) is 21.1 Å². The number of hydrogen-bond donors (Lipinski definition) is 0. The van der Waals surface area contributed by atoms with Crippen LogP contribution < -0.4 is 4.90 Å². The highest BCUT2D eigenvalue weighted by Gasteiger charge is 2.47. The molecule has 0 amide bonds. The van der Waals surface area contributed by atoms with Crippen LogP contribution in [0.25, 0.3) is 0 Å². The molecule has 0 N–H and O–H groups in total. The van der Waals surface area contributed by atoms with E-state index >= 15 is 0 Å². The quantitative estimate of drug-likeness (QED) is 0.538. The van der Waals surface area contributed by atoms with Gasteiger partial charge in [-0.05, 0) is 18.2 Å². The summed E-state index contributed by atoms with van der Waals surface area (Å²) >= 11 is 0. The highest BCUT2D eigenvalue weighted by molar-refractivity contribution is 7.92. The molecule has 152 valence electrons. The maximum absolute atomic E-state index is 12.7. The number of rotatable bonds is 5. The number of sulfone groups is 1. The summed E-state index contributed by atoms with van der Waals surface area (Å²) in [6.45, 7) is 1.12. The minimum absolute atomic E-state index is 0.0277. The van der Waals surface area contributed by atoms with E-state index in [1.165, 1.54) is 0 Å². The van der Waals surface area contributed by atoms with Crippen molar-refractivity contribution in [1.82, 2.24) is 9.78 Å². The Morgan fingerprint density at radius 1 is 1.36 bits per heavy atom. The summed E-state index contributed by atoms with van der Waals surface area (Å²) in [6.07, 6.45) is 2.96. The van der Waals surface area contributed by atoms with Crippen molar-refractivity contribution in [2.45, 2.75) is 23.1 Å². The van der Waals surface area contributed by atoms with E-state index in [9.17, 15) is 31.7 Å². The molecular weight excluding hydrogens is 405 g/mol. The summed E-state index contributed by atoms with van der Waals surface area (Å²) in [5.74, 6) is 0. The van der Waals surface area contributed by atoms with Crippen LogP contribution in [0, 0.1) is 10.1 Å². The Bertz CT molecular complexity index is 963. The van der Waals surface area contributed by atoms with Crippen LogP contribution in [0.1, 0.15) is 0 Å². The zero-order valence-electron chi connectivity index (χ0n) is 14.2. The van der Waals surface area contributed by atoms with Gasteiger partial charge in [0.05, 0.1) is 29.1 Å². The molecule has 1 aromatic carbocycles. The number of halogens is 3. The van der Waals surface area contributed by atoms with Crippen molar-refractivity contribution in [3.63, 3.8) is 0 Å². The highest BCUT2D eigenvalue weighted by atomic mass is 32.2. The second-order valence-corrected chi connectivity index (χ2v) is 7.96. The fourth-order valence-corrected chi connectivity index (χ4v) is 3.66. The number of anilines is 1. The van der Waals surface area contributed by atoms with Crippen LogP contribution in [0.5, 0.6) is 0 Å². The van der Waals surface area contributed by atoms with Gasteiger partial charge in [0.1, 0.15) is 5.69 Å². The minimum atomic E-state index is -5.68. The molecule has 0 aliphatic carbocycles. The second-order valence-electron chi connectivity index (χ2n) is 6.02. The van der Waals surface area contributed by atoms with Gasteiger partial charge in [0, 0.05) is 31.5 Å². The van der Waals surface area contributed by atoms with E-state index in [1.807, 2.05) is 0 Å². The molecule has 1 aliphatic heterocycles. The molecule has 9 nitrogen and oxygen atoms in total. The molecule has 1 aliphatic rings. The average molecular weight is 420 g/mol. The van der Waals surface area contributed by atoms with E-state index in [0.29, 0.717) is 12.6 Å². The lowest BCUT2D eigenvalue weighted by molar-refractivity contribution is -0.384. The number of alkyl halides is 3. The molecule has 0 spiro atoms. The summed E-state index contributed by atoms with van der Waals surface area (Å²) in [5, 5.41) is 15.4. The molecule has 1 fully saturated rings. The molecular formula is C15H15F3N4O5S. The Morgan fingerprint density at radius 2 is 2.11 bits per heavy atom. The van der Waals surface area contributed by atoms with Crippen LogP contribution in [-0.4, -0.2) is 54.4 Å².